The number of thiophene rings is 1. The summed E-state index contributed by atoms with van der Waals surface area (Å²) in [6, 6.07) is 2.80. The molecule has 3 N–H and O–H groups in total. The van der Waals surface area contributed by atoms with Crippen LogP contribution >= 0.6 is 23.7 Å². The largest absolute Gasteiger partial charge is 0.345 e. The molecule has 114 valence electrons. The van der Waals surface area contributed by atoms with E-state index in [1.54, 1.807) is 0 Å². The first-order valence-electron chi connectivity index (χ1n) is 6.04. The number of nitrogens with one attached hydrogen (secondary N) is 1. The zero-order chi connectivity index (χ0) is 14.6. The summed E-state index contributed by atoms with van der Waals surface area (Å²) >= 11 is 0.867. The molecule has 0 saturated carbocycles. The third kappa shape index (κ3) is 5.07. The quantitative estimate of drug-likeness (QED) is 0.621. The van der Waals surface area contributed by atoms with E-state index in [0.29, 0.717) is 17.3 Å². The highest BCUT2D eigenvalue weighted by molar-refractivity contribution is 7.17. The number of nitrogens with two attached hydrogens (primary N) is 1. The van der Waals surface area contributed by atoms with Crippen LogP contribution in [0.15, 0.2) is 12.1 Å². The molecule has 0 saturated heterocycles. The molecule has 0 aliphatic carbocycles. The topological polar surface area (TPSA) is 98.3 Å². The van der Waals surface area contributed by atoms with Crippen molar-refractivity contribution in [3.63, 3.8) is 0 Å². The van der Waals surface area contributed by atoms with Gasteiger partial charge in [-0.2, -0.15) is 0 Å². The second-order valence-electron chi connectivity index (χ2n) is 5.21. The van der Waals surface area contributed by atoms with Crippen molar-refractivity contribution in [3.05, 3.63) is 27.1 Å². The molecule has 1 unspecified atom stereocenters. The summed E-state index contributed by atoms with van der Waals surface area (Å²) in [6.45, 7) is 6.31. The van der Waals surface area contributed by atoms with Crippen molar-refractivity contribution >= 4 is 34.7 Å². The lowest BCUT2D eigenvalue weighted by molar-refractivity contribution is -0.380. The molecule has 0 bridgehead atoms. The maximum absolute atomic E-state index is 12.1. The summed E-state index contributed by atoms with van der Waals surface area (Å²) in [5, 5.41) is 13.4. The molecule has 0 fully saturated rings. The third-order valence-electron chi connectivity index (χ3n) is 2.72. The smallest absolute Gasteiger partial charge is 0.324 e. The van der Waals surface area contributed by atoms with E-state index in [4.69, 9.17) is 5.73 Å². The maximum Gasteiger partial charge on any atom is 0.324 e. The first kappa shape index (κ1) is 18.8. The van der Waals surface area contributed by atoms with Crippen LogP contribution in [0.5, 0.6) is 0 Å². The van der Waals surface area contributed by atoms with Crippen molar-refractivity contribution in [1.29, 1.82) is 0 Å². The van der Waals surface area contributed by atoms with Crippen molar-refractivity contribution in [2.24, 2.45) is 11.7 Å². The Balaban J connectivity index is 0.00000361. The summed E-state index contributed by atoms with van der Waals surface area (Å²) < 4.78 is 0. The molecule has 0 radical (unpaired) electrons. The predicted molar refractivity (Wildman–Crippen MR) is 82.6 cm³/mol. The van der Waals surface area contributed by atoms with Crippen LogP contribution in [-0.2, 0) is 0 Å². The number of amides is 1. The normalized spacial score (nSPS) is 13.4. The van der Waals surface area contributed by atoms with Crippen molar-refractivity contribution in [2.45, 2.75) is 32.7 Å². The van der Waals surface area contributed by atoms with E-state index in [9.17, 15) is 14.9 Å². The standard InChI is InChI=1S/C12H19N3O3S.ClH/c1-8(2)6-12(3,7-13)14-11(16)9-4-5-10(19-9)15(17)18;/h4-5,8H,6-7,13H2,1-3H3,(H,14,16);1H. The highest BCUT2D eigenvalue weighted by Crippen LogP contribution is 2.25. The molecule has 0 aliphatic heterocycles. The molecule has 1 aromatic rings. The predicted octanol–water partition coefficient (Wildman–Crippen LogP) is 2.57. The Bertz CT molecular complexity index is 478. The lowest BCUT2D eigenvalue weighted by Gasteiger charge is -2.30. The van der Waals surface area contributed by atoms with Gasteiger partial charge in [0.25, 0.3) is 5.91 Å². The Morgan fingerprint density at radius 2 is 2.15 bits per heavy atom. The molecule has 1 amide bonds. The molecule has 20 heavy (non-hydrogen) atoms. The van der Waals surface area contributed by atoms with Gasteiger partial charge in [0.1, 0.15) is 0 Å². The number of hydrogen-bond acceptors (Lipinski definition) is 5. The van der Waals surface area contributed by atoms with Crippen molar-refractivity contribution in [1.82, 2.24) is 5.32 Å². The number of nitro groups is 1. The first-order valence-corrected chi connectivity index (χ1v) is 6.86. The monoisotopic (exact) mass is 321 g/mol. The Kier molecular flexibility index (Phi) is 7.12. The van der Waals surface area contributed by atoms with E-state index in [2.05, 4.69) is 19.2 Å². The van der Waals surface area contributed by atoms with Crippen LogP contribution < -0.4 is 11.1 Å². The Hall–Kier alpha value is -1.18. The Labute approximate surface area is 128 Å². The second-order valence-corrected chi connectivity index (χ2v) is 6.27. The van der Waals surface area contributed by atoms with Crippen molar-refractivity contribution < 1.29 is 9.72 Å². The van der Waals surface area contributed by atoms with Crippen LogP contribution in [0.2, 0.25) is 0 Å². The van der Waals surface area contributed by atoms with E-state index in [1.165, 1.54) is 12.1 Å². The maximum atomic E-state index is 12.1. The summed E-state index contributed by atoms with van der Waals surface area (Å²) in [7, 11) is 0. The molecule has 1 atom stereocenters. The van der Waals surface area contributed by atoms with Gasteiger partial charge in [-0.05, 0) is 25.3 Å². The average molecular weight is 322 g/mol. The van der Waals surface area contributed by atoms with Crippen LogP contribution in [0.25, 0.3) is 0 Å². The SMILES string of the molecule is CC(C)CC(C)(CN)NC(=O)c1ccc([N+](=O)[O-])s1.Cl. The molecule has 1 rings (SSSR count). The van der Waals surface area contributed by atoms with Gasteiger partial charge in [-0.15, -0.1) is 12.4 Å². The van der Waals surface area contributed by atoms with Crippen LogP contribution in [0.4, 0.5) is 5.00 Å². The lowest BCUT2D eigenvalue weighted by Crippen LogP contribution is -2.52. The Morgan fingerprint density at radius 3 is 2.55 bits per heavy atom. The summed E-state index contributed by atoms with van der Waals surface area (Å²) in [5.74, 6) is 0.0817. The molecule has 1 aromatic heterocycles. The summed E-state index contributed by atoms with van der Waals surface area (Å²) in [4.78, 5) is 22.5. The number of halogens is 1. The zero-order valence-electron chi connectivity index (χ0n) is 11.7. The molecule has 1 heterocycles. The van der Waals surface area contributed by atoms with E-state index >= 15 is 0 Å². The minimum atomic E-state index is -0.502. The van der Waals surface area contributed by atoms with Gasteiger partial charge in [0.15, 0.2) is 0 Å². The van der Waals surface area contributed by atoms with Gasteiger partial charge >= 0.3 is 5.00 Å². The fourth-order valence-corrected chi connectivity index (χ4v) is 2.69. The molecule has 0 aliphatic rings. The molecule has 8 heteroatoms. The van der Waals surface area contributed by atoms with E-state index in [1.807, 2.05) is 6.92 Å². The van der Waals surface area contributed by atoms with Crippen LogP contribution in [-0.4, -0.2) is 22.9 Å². The number of hydrogen-bond donors (Lipinski definition) is 2. The summed E-state index contributed by atoms with van der Waals surface area (Å²) in [6.07, 6.45) is 0.753. The van der Waals surface area contributed by atoms with E-state index in [-0.39, 0.29) is 23.3 Å². The van der Waals surface area contributed by atoms with E-state index in [0.717, 1.165) is 17.8 Å². The number of carbonyl (C=O) groups is 1. The molecule has 6 nitrogen and oxygen atoms in total. The van der Waals surface area contributed by atoms with Gasteiger partial charge in [0, 0.05) is 12.6 Å². The highest BCUT2D eigenvalue weighted by atomic mass is 35.5. The van der Waals surface area contributed by atoms with Crippen LogP contribution in [0, 0.1) is 16.0 Å². The van der Waals surface area contributed by atoms with Crippen LogP contribution in [0.3, 0.4) is 0 Å². The minimum absolute atomic E-state index is 0. The number of carbonyl (C=O) groups excluding carboxylic acids is 1. The summed E-state index contributed by atoms with van der Waals surface area (Å²) in [5.41, 5.74) is 5.22. The lowest BCUT2D eigenvalue weighted by atomic mass is 9.90. The molecule has 0 aromatic carbocycles. The van der Waals surface area contributed by atoms with Gasteiger partial charge in [-0.25, -0.2) is 0 Å². The minimum Gasteiger partial charge on any atom is -0.345 e. The highest BCUT2D eigenvalue weighted by Gasteiger charge is 2.27. The Morgan fingerprint density at radius 1 is 1.55 bits per heavy atom. The molecular weight excluding hydrogens is 302 g/mol. The van der Waals surface area contributed by atoms with Gasteiger partial charge in [-0.1, -0.05) is 25.2 Å². The zero-order valence-corrected chi connectivity index (χ0v) is 13.3. The molecular formula is C12H20ClN3O3S. The second kappa shape index (κ2) is 7.56. The van der Waals surface area contributed by atoms with Crippen molar-refractivity contribution in [3.8, 4) is 0 Å². The van der Waals surface area contributed by atoms with Gasteiger partial charge in [0.05, 0.1) is 15.3 Å². The fourth-order valence-electron chi connectivity index (χ4n) is 1.97. The number of nitrogens with zero attached hydrogens (tertiary/aromatic N) is 1. The van der Waals surface area contributed by atoms with Crippen molar-refractivity contribution in [2.75, 3.05) is 6.54 Å². The average Bonchev–Trinajstić information content (AvgIpc) is 2.77. The van der Waals surface area contributed by atoms with Gasteiger partial charge in [0.2, 0.25) is 0 Å². The number of rotatable bonds is 6. The van der Waals surface area contributed by atoms with Gasteiger partial charge in [-0.3, -0.25) is 14.9 Å². The molecule has 0 spiro atoms. The third-order valence-corrected chi connectivity index (χ3v) is 3.76. The van der Waals surface area contributed by atoms with Gasteiger partial charge < -0.3 is 11.1 Å². The first-order chi connectivity index (χ1) is 8.77. The van der Waals surface area contributed by atoms with E-state index < -0.39 is 10.5 Å². The van der Waals surface area contributed by atoms with Crippen LogP contribution in [0.1, 0.15) is 36.9 Å². The fraction of sp³-hybridized carbons (Fsp3) is 0.583.